The molecule has 5 amide bonds. The maximum Gasteiger partial charge on any atom is 0.289 e. The third-order valence-electron chi connectivity index (χ3n) is 11.0. The number of carbonyl (C=O) groups is 6. The number of hydrogen-bond donors (Lipinski definition) is 4. The number of fused-ring (bicyclic) bond motifs is 1. The summed E-state index contributed by atoms with van der Waals surface area (Å²) >= 11 is 0. The monoisotopic (exact) mass is 692 g/mol. The summed E-state index contributed by atoms with van der Waals surface area (Å²) in [6, 6.07) is -0.590. The first kappa shape index (κ1) is 37.4. The number of hydrogen-bond acceptors (Lipinski definition) is 7. The molecule has 12 heteroatoms. The first-order valence-electron chi connectivity index (χ1n) is 18.9. The van der Waals surface area contributed by atoms with E-state index in [9.17, 15) is 28.8 Å². The number of likely N-dealkylation sites (tertiary alicyclic amines) is 1. The number of rotatable bonds is 13. The highest BCUT2D eigenvalue weighted by atomic mass is 16.2. The molecule has 2 heterocycles. The predicted octanol–water partition coefficient (Wildman–Crippen LogP) is 3.58. The zero-order chi connectivity index (χ0) is 36.0. The van der Waals surface area contributed by atoms with Gasteiger partial charge in [0.1, 0.15) is 18.1 Å². The Bertz CT molecular complexity index is 1400. The average Bonchev–Trinajstić information content (AvgIpc) is 3.84. The number of nitrogens with one attached hydrogen (secondary N) is 4. The second-order valence-electron chi connectivity index (χ2n) is 16.0. The molecule has 12 nitrogen and oxygen atoms in total. The van der Waals surface area contributed by atoms with Gasteiger partial charge in [0, 0.05) is 30.0 Å². The Morgan fingerprint density at radius 1 is 0.860 bits per heavy atom. The van der Waals surface area contributed by atoms with Gasteiger partial charge in [-0.1, -0.05) is 66.2 Å². The van der Waals surface area contributed by atoms with Crippen LogP contribution >= 0.6 is 0 Å². The van der Waals surface area contributed by atoms with Crippen LogP contribution in [0, 0.1) is 17.3 Å². The van der Waals surface area contributed by atoms with Crippen LogP contribution in [0.3, 0.4) is 0 Å². The summed E-state index contributed by atoms with van der Waals surface area (Å²) in [7, 11) is 0. The van der Waals surface area contributed by atoms with Crippen LogP contribution in [0.4, 0.5) is 0 Å². The van der Waals surface area contributed by atoms with Crippen LogP contribution in [0.1, 0.15) is 128 Å². The Hall–Kier alpha value is -3.83. The summed E-state index contributed by atoms with van der Waals surface area (Å²) in [5.41, 5.74) is -0.329. The van der Waals surface area contributed by atoms with E-state index in [1.807, 2.05) is 27.7 Å². The molecule has 1 aliphatic heterocycles. The van der Waals surface area contributed by atoms with Gasteiger partial charge in [0.15, 0.2) is 0 Å². The number of nitrogens with zero attached hydrogens (tertiary/aromatic N) is 2. The zero-order valence-electron chi connectivity index (χ0n) is 30.2. The molecular formula is C38H56N6O6. The van der Waals surface area contributed by atoms with Crippen LogP contribution in [-0.2, 0) is 24.0 Å². The number of carbonyl (C=O) groups excluding carboxylic acids is 6. The maximum atomic E-state index is 14.8. The minimum atomic E-state index is -0.982. The molecule has 3 aliphatic carbocycles. The number of amides is 5. The van der Waals surface area contributed by atoms with Crippen LogP contribution < -0.4 is 21.3 Å². The van der Waals surface area contributed by atoms with Crippen LogP contribution in [-0.4, -0.2) is 81.5 Å². The second-order valence-corrected chi connectivity index (χ2v) is 16.0. The molecule has 1 aromatic heterocycles. The summed E-state index contributed by atoms with van der Waals surface area (Å²) in [6.07, 6.45) is 14.2. The molecular weight excluding hydrogens is 636 g/mol. The van der Waals surface area contributed by atoms with E-state index < -0.39 is 53.1 Å². The molecule has 0 radical (unpaired) electrons. The van der Waals surface area contributed by atoms with E-state index in [0.29, 0.717) is 24.8 Å². The van der Waals surface area contributed by atoms with Crippen LogP contribution in [0.2, 0.25) is 0 Å². The highest BCUT2D eigenvalue weighted by molar-refractivity contribution is 6.38. The highest BCUT2D eigenvalue weighted by Gasteiger charge is 2.51. The summed E-state index contributed by atoms with van der Waals surface area (Å²) in [6.45, 7) is 7.55. The summed E-state index contributed by atoms with van der Waals surface area (Å²) in [5, 5.41) is 11.6. The maximum absolute atomic E-state index is 14.8. The van der Waals surface area contributed by atoms with Crippen molar-refractivity contribution in [1.29, 1.82) is 0 Å². The van der Waals surface area contributed by atoms with Crippen molar-refractivity contribution >= 4 is 35.3 Å². The summed E-state index contributed by atoms with van der Waals surface area (Å²) in [5.74, 6) is -2.88. The SMILES string of the molecule is CCC[C@H](NC(=O)[C@@H]1CC2CCCCC2N1C(=O)[C@@H](NC(=O)[C@@H](NC(=O)c1ccncc1)C1CCCCC1)C(C)(C)C)C(=O)C(=O)NC1CC1. The van der Waals surface area contributed by atoms with E-state index in [-0.39, 0.29) is 35.7 Å². The highest BCUT2D eigenvalue weighted by Crippen LogP contribution is 2.41. The molecule has 1 aromatic rings. The van der Waals surface area contributed by atoms with Crippen LogP contribution in [0.25, 0.3) is 0 Å². The molecule has 4 fully saturated rings. The van der Waals surface area contributed by atoms with Crippen molar-refractivity contribution < 1.29 is 28.8 Å². The topological polar surface area (TPSA) is 167 Å². The van der Waals surface area contributed by atoms with E-state index in [1.54, 1.807) is 17.0 Å². The van der Waals surface area contributed by atoms with Crippen LogP contribution in [0.5, 0.6) is 0 Å². The fraction of sp³-hybridized carbons (Fsp3) is 0.711. The first-order valence-corrected chi connectivity index (χ1v) is 18.9. The molecule has 50 heavy (non-hydrogen) atoms. The van der Waals surface area contributed by atoms with Crippen molar-refractivity contribution in [1.82, 2.24) is 31.2 Å². The first-order chi connectivity index (χ1) is 23.9. The van der Waals surface area contributed by atoms with Crippen molar-refractivity contribution in [3.63, 3.8) is 0 Å². The van der Waals surface area contributed by atoms with Crippen molar-refractivity contribution in [3.05, 3.63) is 30.1 Å². The Labute approximate surface area is 296 Å². The van der Waals surface area contributed by atoms with E-state index >= 15 is 0 Å². The molecule has 0 aromatic carbocycles. The van der Waals surface area contributed by atoms with Gasteiger partial charge in [0.25, 0.3) is 11.8 Å². The van der Waals surface area contributed by atoms with E-state index in [0.717, 1.165) is 70.6 Å². The lowest BCUT2D eigenvalue weighted by atomic mass is 9.81. The lowest BCUT2D eigenvalue weighted by Gasteiger charge is -2.40. The standard InChI is InChI=1S/C38H56N6O6/c1-5-11-27(31(45)36(49)40-26-16-17-26)41-34(47)29-22-25-14-9-10-15-28(25)44(29)37(50)32(38(2,3)4)43-35(48)30(23-12-7-6-8-13-23)42-33(46)24-18-20-39-21-19-24/h18-21,23,25-30,32H,5-17,22H2,1-4H3,(H,40,49)(H,41,47)(H,42,46)(H,43,48)/t25?,27-,28?,29-,30-,32+/m0/s1. The second kappa shape index (κ2) is 16.5. The van der Waals surface area contributed by atoms with Gasteiger partial charge in [-0.3, -0.25) is 33.8 Å². The number of pyridine rings is 1. The number of Topliss-reactive ketones (excluding diaryl/α,β-unsaturated/α-hetero) is 1. The normalized spacial score (nSPS) is 24.2. The third kappa shape index (κ3) is 9.09. The molecule has 0 bridgehead atoms. The smallest absolute Gasteiger partial charge is 0.289 e. The molecule has 0 spiro atoms. The van der Waals surface area contributed by atoms with Crippen LogP contribution in [0.15, 0.2) is 24.5 Å². The molecule has 2 unspecified atom stereocenters. The zero-order valence-corrected chi connectivity index (χ0v) is 30.2. The number of ketones is 1. The van der Waals surface area contributed by atoms with Crippen molar-refractivity contribution in [2.75, 3.05) is 0 Å². The van der Waals surface area contributed by atoms with E-state index in [1.165, 1.54) is 12.4 Å². The molecule has 6 atom stereocenters. The minimum absolute atomic E-state index is 0.0155. The average molecular weight is 693 g/mol. The molecule has 1 saturated heterocycles. The van der Waals surface area contributed by atoms with Crippen molar-refractivity contribution in [2.45, 2.75) is 154 Å². The summed E-state index contributed by atoms with van der Waals surface area (Å²) < 4.78 is 0. The Morgan fingerprint density at radius 3 is 2.16 bits per heavy atom. The van der Waals surface area contributed by atoms with Gasteiger partial charge in [0.2, 0.25) is 23.5 Å². The van der Waals surface area contributed by atoms with Gasteiger partial charge in [-0.2, -0.15) is 0 Å². The van der Waals surface area contributed by atoms with Gasteiger partial charge < -0.3 is 26.2 Å². The lowest BCUT2D eigenvalue weighted by molar-refractivity contribution is -0.147. The number of aromatic nitrogens is 1. The van der Waals surface area contributed by atoms with Gasteiger partial charge in [-0.25, -0.2) is 0 Å². The Morgan fingerprint density at radius 2 is 1.52 bits per heavy atom. The Balaban J connectivity index is 1.38. The largest absolute Gasteiger partial charge is 0.347 e. The van der Waals surface area contributed by atoms with Gasteiger partial charge >= 0.3 is 0 Å². The quantitative estimate of drug-likeness (QED) is 0.229. The molecule has 5 rings (SSSR count). The fourth-order valence-corrected chi connectivity index (χ4v) is 8.10. The van der Waals surface area contributed by atoms with Gasteiger partial charge in [0.05, 0.1) is 6.04 Å². The van der Waals surface area contributed by atoms with Gasteiger partial charge in [-0.05, 0) is 80.8 Å². The third-order valence-corrected chi connectivity index (χ3v) is 11.0. The Kier molecular flexibility index (Phi) is 12.3. The molecule has 3 saturated carbocycles. The molecule has 4 N–H and O–H groups in total. The fourth-order valence-electron chi connectivity index (χ4n) is 8.10. The predicted molar refractivity (Wildman–Crippen MR) is 187 cm³/mol. The van der Waals surface area contributed by atoms with Gasteiger partial charge in [-0.15, -0.1) is 0 Å². The molecule has 274 valence electrons. The van der Waals surface area contributed by atoms with E-state index in [4.69, 9.17) is 0 Å². The van der Waals surface area contributed by atoms with E-state index in [2.05, 4.69) is 26.3 Å². The lowest BCUT2D eigenvalue weighted by Crippen LogP contribution is -2.63. The summed E-state index contributed by atoms with van der Waals surface area (Å²) in [4.78, 5) is 87.9. The minimum Gasteiger partial charge on any atom is -0.347 e. The van der Waals surface area contributed by atoms with Crippen molar-refractivity contribution in [2.24, 2.45) is 17.3 Å². The van der Waals surface area contributed by atoms with Crippen molar-refractivity contribution in [3.8, 4) is 0 Å². The molecule has 4 aliphatic rings.